The monoisotopic (exact) mass is 292 g/mol. The third-order valence-corrected chi connectivity index (χ3v) is 3.58. The molecule has 0 heterocycles. The number of carbonyl (C=O) groups excluding carboxylic acids is 1. The number of nitrogens with two attached hydrogens (primary N) is 1. The normalized spacial score (nSPS) is 12.3. The van der Waals surface area contributed by atoms with Crippen LogP contribution in [0.1, 0.15) is 32.3 Å². The van der Waals surface area contributed by atoms with E-state index in [4.69, 9.17) is 10.5 Å². The van der Waals surface area contributed by atoms with E-state index in [9.17, 15) is 4.79 Å². The zero-order valence-corrected chi connectivity index (χ0v) is 13.6. The zero-order chi connectivity index (χ0) is 15.8. The molecule has 0 saturated heterocycles. The Bertz CT molecular complexity index is 446. The van der Waals surface area contributed by atoms with Gasteiger partial charge in [-0.05, 0) is 42.5 Å². The van der Waals surface area contributed by atoms with E-state index in [0.29, 0.717) is 25.4 Å². The molecule has 0 spiro atoms. The van der Waals surface area contributed by atoms with Gasteiger partial charge in [0.05, 0.1) is 7.11 Å². The summed E-state index contributed by atoms with van der Waals surface area (Å²) in [5.74, 6) is 1.79. The van der Waals surface area contributed by atoms with Crippen molar-refractivity contribution in [2.45, 2.75) is 33.2 Å². The number of hydrogen-bond donors (Lipinski definition) is 1. The molecular formula is C17H28N2O2. The molecule has 1 unspecified atom stereocenters. The maximum atomic E-state index is 12.3. The van der Waals surface area contributed by atoms with Crippen molar-refractivity contribution in [1.29, 1.82) is 0 Å². The van der Waals surface area contributed by atoms with Gasteiger partial charge in [-0.3, -0.25) is 4.79 Å². The minimum atomic E-state index is 0.147. The molecule has 1 amide bonds. The van der Waals surface area contributed by atoms with Crippen LogP contribution in [-0.2, 0) is 11.3 Å². The highest BCUT2D eigenvalue weighted by molar-refractivity contribution is 5.76. The number of ether oxygens (including phenoxy) is 1. The summed E-state index contributed by atoms with van der Waals surface area (Å²) in [6.45, 7) is 5.48. The molecular weight excluding hydrogens is 264 g/mol. The SMILES string of the molecule is COc1cccc(CN(C)C(=O)CC(CN)CC(C)C)c1. The Balaban J connectivity index is 2.57. The Morgan fingerprint density at radius 3 is 2.67 bits per heavy atom. The van der Waals surface area contributed by atoms with Gasteiger partial charge in [-0.25, -0.2) is 0 Å². The summed E-state index contributed by atoms with van der Waals surface area (Å²) >= 11 is 0. The summed E-state index contributed by atoms with van der Waals surface area (Å²) in [5.41, 5.74) is 6.84. The van der Waals surface area contributed by atoms with Gasteiger partial charge in [0.25, 0.3) is 0 Å². The fourth-order valence-electron chi connectivity index (χ4n) is 2.47. The van der Waals surface area contributed by atoms with Crippen LogP contribution in [0.5, 0.6) is 5.75 Å². The molecule has 118 valence electrons. The van der Waals surface area contributed by atoms with Crippen LogP contribution in [0.3, 0.4) is 0 Å². The van der Waals surface area contributed by atoms with Crippen LogP contribution >= 0.6 is 0 Å². The first-order chi connectivity index (χ1) is 9.96. The summed E-state index contributed by atoms with van der Waals surface area (Å²) in [7, 11) is 3.48. The molecule has 0 aliphatic heterocycles. The second kappa shape index (κ2) is 8.67. The lowest BCUT2D eigenvalue weighted by atomic mass is 9.94. The maximum absolute atomic E-state index is 12.3. The average molecular weight is 292 g/mol. The Morgan fingerprint density at radius 1 is 1.38 bits per heavy atom. The molecule has 1 atom stereocenters. The third-order valence-electron chi connectivity index (χ3n) is 3.58. The Labute approximate surface area is 128 Å². The largest absolute Gasteiger partial charge is 0.497 e. The zero-order valence-electron chi connectivity index (χ0n) is 13.6. The van der Waals surface area contributed by atoms with E-state index in [0.717, 1.165) is 17.7 Å². The van der Waals surface area contributed by atoms with Crippen molar-refractivity contribution in [3.63, 3.8) is 0 Å². The quantitative estimate of drug-likeness (QED) is 0.801. The van der Waals surface area contributed by atoms with Crippen molar-refractivity contribution in [3.05, 3.63) is 29.8 Å². The van der Waals surface area contributed by atoms with E-state index >= 15 is 0 Å². The predicted octanol–water partition coefficient (Wildman–Crippen LogP) is 2.66. The Morgan fingerprint density at radius 2 is 2.10 bits per heavy atom. The van der Waals surface area contributed by atoms with Crippen LogP contribution in [0.2, 0.25) is 0 Å². The molecule has 4 heteroatoms. The molecule has 0 radical (unpaired) electrons. The number of hydrogen-bond acceptors (Lipinski definition) is 3. The summed E-state index contributed by atoms with van der Waals surface area (Å²) in [4.78, 5) is 14.1. The van der Waals surface area contributed by atoms with Crippen molar-refractivity contribution in [1.82, 2.24) is 4.90 Å². The highest BCUT2D eigenvalue weighted by Gasteiger charge is 2.17. The van der Waals surface area contributed by atoms with E-state index in [1.54, 1.807) is 12.0 Å². The smallest absolute Gasteiger partial charge is 0.222 e. The topological polar surface area (TPSA) is 55.6 Å². The van der Waals surface area contributed by atoms with Crippen molar-refractivity contribution in [2.75, 3.05) is 20.7 Å². The van der Waals surface area contributed by atoms with Crippen molar-refractivity contribution in [3.8, 4) is 5.75 Å². The van der Waals surface area contributed by atoms with Gasteiger partial charge in [-0.1, -0.05) is 26.0 Å². The standard InChI is InChI=1S/C17H28N2O2/c1-13(2)8-15(11-18)10-17(20)19(3)12-14-6-5-7-16(9-14)21-4/h5-7,9,13,15H,8,10-12,18H2,1-4H3. The second-order valence-corrected chi connectivity index (χ2v) is 6.04. The average Bonchev–Trinajstić information content (AvgIpc) is 2.46. The van der Waals surface area contributed by atoms with Gasteiger partial charge in [0.2, 0.25) is 5.91 Å². The molecule has 4 nitrogen and oxygen atoms in total. The number of amides is 1. The molecule has 0 bridgehead atoms. The van der Waals surface area contributed by atoms with E-state index in [1.165, 1.54) is 0 Å². The molecule has 0 fully saturated rings. The molecule has 0 aromatic heterocycles. The minimum Gasteiger partial charge on any atom is -0.497 e. The maximum Gasteiger partial charge on any atom is 0.222 e. The molecule has 0 saturated carbocycles. The van der Waals surface area contributed by atoms with Gasteiger partial charge < -0.3 is 15.4 Å². The molecule has 21 heavy (non-hydrogen) atoms. The molecule has 2 N–H and O–H groups in total. The lowest BCUT2D eigenvalue weighted by Gasteiger charge is -2.22. The van der Waals surface area contributed by atoms with Gasteiger partial charge in [0, 0.05) is 20.0 Å². The molecule has 1 rings (SSSR count). The summed E-state index contributed by atoms with van der Waals surface area (Å²) < 4.78 is 5.20. The number of rotatable bonds is 8. The molecule has 0 aliphatic carbocycles. The third kappa shape index (κ3) is 6.17. The Hall–Kier alpha value is -1.55. The van der Waals surface area contributed by atoms with Gasteiger partial charge in [-0.2, -0.15) is 0 Å². The molecule has 1 aromatic rings. The lowest BCUT2D eigenvalue weighted by Crippen LogP contribution is -2.30. The van der Waals surface area contributed by atoms with Gasteiger partial charge >= 0.3 is 0 Å². The number of benzene rings is 1. The highest BCUT2D eigenvalue weighted by atomic mass is 16.5. The van der Waals surface area contributed by atoms with Crippen molar-refractivity contribution in [2.24, 2.45) is 17.6 Å². The van der Waals surface area contributed by atoms with Crippen LogP contribution in [0, 0.1) is 11.8 Å². The minimum absolute atomic E-state index is 0.147. The number of carbonyl (C=O) groups is 1. The first-order valence-electron chi connectivity index (χ1n) is 7.53. The fourth-order valence-corrected chi connectivity index (χ4v) is 2.47. The van der Waals surface area contributed by atoms with E-state index < -0.39 is 0 Å². The summed E-state index contributed by atoms with van der Waals surface area (Å²) in [6.07, 6.45) is 1.52. The molecule has 1 aromatic carbocycles. The van der Waals surface area contributed by atoms with Crippen LogP contribution < -0.4 is 10.5 Å². The summed E-state index contributed by atoms with van der Waals surface area (Å²) in [6, 6.07) is 7.80. The molecule has 0 aliphatic rings. The second-order valence-electron chi connectivity index (χ2n) is 6.04. The first-order valence-corrected chi connectivity index (χ1v) is 7.53. The van der Waals surface area contributed by atoms with Crippen LogP contribution in [0.15, 0.2) is 24.3 Å². The lowest BCUT2D eigenvalue weighted by molar-refractivity contribution is -0.131. The van der Waals surface area contributed by atoms with Crippen molar-refractivity contribution >= 4 is 5.91 Å². The van der Waals surface area contributed by atoms with Gasteiger partial charge in [-0.15, -0.1) is 0 Å². The van der Waals surface area contributed by atoms with Crippen LogP contribution in [-0.4, -0.2) is 31.5 Å². The first kappa shape index (κ1) is 17.5. The summed E-state index contributed by atoms with van der Waals surface area (Å²) in [5, 5.41) is 0. The van der Waals surface area contributed by atoms with Crippen LogP contribution in [0.25, 0.3) is 0 Å². The van der Waals surface area contributed by atoms with E-state index in [-0.39, 0.29) is 11.8 Å². The fraction of sp³-hybridized carbons (Fsp3) is 0.588. The Kier molecular flexibility index (Phi) is 7.23. The van der Waals surface area contributed by atoms with E-state index in [1.807, 2.05) is 31.3 Å². The predicted molar refractivity (Wildman–Crippen MR) is 86.1 cm³/mol. The highest BCUT2D eigenvalue weighted by Crippen LogP contribution is 2.17. The van der Waals surface area contributed by atoms with Crippen molar-refractivity contribution < 1.29 is 9.53 Å². The van der Waals surface area contributed by atoms with Gasteiger partial charge in [0.1, 0.15) is 5.75 Å². The van der Waals surface area contributed by atoms with Gasteiger partial charge in [0.15, 0.2) is 0 Å². The van der Waals surface area contributed by atoms with E-state index in [2.05, 4.69) is 13.8 Å². The number of methoxy groups -OCH3 is 1. The van der Waals surface area contributed by atoms with Crippen LogP contribution in [0.4, 0.5) is 0 Å². The number of nitrogens with zero attached hydrogens (tertiary/aromatic N) is 1.